The van der Waals surface area contributed by atoms with Crippen molar-refractivity contribution in [1.82, 2.24) is 9.55 Å². The molecule has 4 heteroatoms. The van der Waals surface area contributed by atoms with Gasteiger partial charge in [-0.3, -0.25) is 4.79 Å². The van der Waals surface area contributed by atoms with E-state index >= 15 is 0 Å². The molecule has 1 N–H and O–H groups in total. The molecule has 4 nitrogen and oxygen atoms in total. The topological polar surface area (TPSA) is 55.1 Å². The Bertz CT molecular complexity index is 558. The third-order valence-corrected chi connectivity index (χ3v) is 2.98. The van der Waals surface area contributed by atoms with Crippen LogP contribution < -0.4 is 0 Å². The zero-order valence-electron chi connectivity index (χ0n) is 10.8. The van der Waals surface area contributed by atoms with E-state index in [0.29, 0.717) is 0 Å². The summed E-state index contributed by atoms with van der Waals surface area (Å²) in [5.74, 6) is 0.548. The van der Waals surface area contributed by atoms with Gasteiger partial charge >= 0.3 is 0 Å². The summed E-state index contributed by atoms with van der Waals surface area (Å²) in [6, 6.07) is 7.86. The Morgan fingerprint density at radius 3 is 2.83 bits per heavy atom. The third-order valence-electron chi connectivity index (χ3n) is 2.98. The molecule has 0 saturated carbocycles. The van der Waals surface area contributed by atoms with Gasteiger partial charge in [-0.1, -0.05) is 19.1 Å². The number of benzene rings is 1. The molecule has 2 aromatic rings. The van der Waals surface area contributed by atoms with Crippen LogP contribution in [-0.4, -0.2) is 26.5 Å². The van der Waals surface area contributed by atoms with Crippen LogP contribution in [0.25, 0.3) is 11.0 Å². The summed E-state index contributed by atoms with van der Waals surface area (Å²) in [5.41, 5.74) is 1.95. The van der Waals surface area contributed by atoms with Crippen molar-refractivity contribution in [3.63, 3.8) is 0 Å². The summed E-state index contributed by atoms with van der Waals surface area (Å²) in [5, 5.41) is 9.29. The average Bonchev–Trinajstić information content (AvgIpc) is 2.68. The number of carbonyl (C=O) groups excluding carboxylic acids is 1. The van der Waals surface area contributed by atoms with E-state index in [4.69, 9.17) is 0 Å². The molecule has 0 bridgehead atoms. The summed E-state index contributed by atoms with van der Waals surface area (Å²) >= 11 is 0. The van der Waals surface area contributed by atoms with Crippen molar-refractivity contribution in [3.05, 3.63) is 30.1 Å². The van der Waals surface area contributed by atoms with Crippen molar-refractivity contribution in [2.45, 2.75) is 39.3 Å². The summed E-state index contributed by atoms with van der Waals surface area (Å²) in [6.07, 6.45) is 0.239. The minimum Gasteiger partial charge on any atom is -0.386 e. The molecule has 1 unspecified atom stereocenters. The Hall–Kier alpha value is -1.68. The van der Waals surface area contributed by atoms with E-state index in [-0.39, 0.29) is 12.2 Å². The number of Topliss-reactive ketones (excluding diaryl/α,β-unsaturated/α-hetero) is 1. The number of rotatable bonds is 5. The second-order valence-corrected chi connectivity index (χ2v) is 4.49. The van der Waals surface area contributed by atoms with Crippen molar-refractivity contribution in [3.8, 4) is 0 Å². The van der Waals surface area contributed by atoms with Crippen LogP contribution in [0.1, 0.15) is 26.1 Å². The highest BCUT2D eigenvalue weighted by molar-refractivity contribution is 5.85. The molecule has 0 aliphatic carbocycles. The fourth-order valence-corrected chi connectivity index (χ4v) is 2.04. The fraction of sp³-hybridized carbons (Fsp3) is 0.429. The first-order valence-electron chi connectivity index (χ1n) is 6.28. The lowest BCUT2D eigenvalue weighted by Gasteiger charge is -2.08. The lowest BCUT2D eigenvalue weighted by atomic mass is 10.2. The summed E-state index contributed by atoms with van der Waals surface area (Å²) in [7, 11) is 0. The Morgan fingerprint density at radius 2 is 2.17 bits per heavy atom. The second kappa shape index (κ2) is 5.31. The van der Waals surface area contributed by atoms with Gasteiger partial charge in [-0.05, 0) is 25.5 Å². The van der Waals surface area contributed by atoms with Crippen molar-refractivity contribution in [2.24, 2.45) is 0 Å². The summed E-state index contributed by atoms with van der Waals surface area (Å²) < 4.78 is 2.07. The van der Waals surface area contributed by atoms with Crippen molar-refractivity contribution < 1.29 is 9.90 Å². The predicted molar refractivity (Wildman–Crippen MR) is 70.4 cm³/mol. The monoisotopic (exact) mass is 246 g/mol. The quantitative estimate of drug-likeness (QED) is 0.877. The van der Waals surface area contributed by atoms with E-state index in [0.717, 1.165) is 29.8 Å². The van der Waals surface area contributed by atoms with Gasteiger partial charge in [0, 0.05) is 6.54 Å². The van der Waals surface area contributed by atoms with E-state index in [1.807, 2.05) is 24.3 Å². The maximum atomic E-state index is 11.6. The van der Waals surface area contributed by atoms with Gasteiger partial charge in [-0.25, -0.2) is 4.98 Å². The molecule has 0 saturated heterocycles. The SMILES string of the molecule is CCCn1c(CC(=O)C(C)O)nc2ccccc21. The van der Waals surface area contributed by atoms with Crippen LogP contribution in [0.2, 0.25) is 0 Å². The van der Waals surface area contributed by atoms with Crippen LogP contribution in [-0.2, 0) is 17.8 Å². The summed E-state index contributed by atoms with van der Waals surface area (Å²) in [6.45, 7) is 4.42. The van der Waals surface area contributed by atoms with Gasteiger partial charge in [0.05, 0.1) is 17.5 Å². The van der Waals surface area contributed by atoms with E-state index in [1.165, 1.54) is 6.92 Å². The number of aliphatic hydroxyl groups excluding tert-OH is 1. The molecule has 1 heterocycles. The van der Waals surface area contributed by atoms with Crippen LogP contribution in [0.5, 0.6) is 0 Å². The van der Waals surface area contributed by atoms with Gasteiger partial charge in [0.25, 0.3) is 0 Å². The van der Waals surface area contributed by atoms with Crippen LogP contribution >= 0.6 is 0 Å². The Kier molecular flexibility index (Phi) is 3.77. The first-order chi connectivity index (χ1) is 8.63. The number of fused-ring (bicyclic) bond motifs is 1. The summed E-state index contributed by atoms with van der Waals surface area (Å²) in [4.78, 5) is 16.1. The zero-order chi connectivity index (χ0) is 13.1. The number of aliphatic hydroxyl groups is 1. The van der Waals surface area contributed by atoms with Crippen molar-refractivity contribution in [1.29, 1.82) is 0 Å². The zero-order valence-corrected chi connectivity index (χ0v) is 10.8. The Morgan fingerprint density at radius 1 is 1.44 bits per heavy atom. The largest absolute Gasteiger partial charge is 0.386 e. The number of hydrogen-bond acceptors (Lipinski definition) is 3. The van der Waals surface area contributed by atoms with Gasteiger partial charge < -0.3 is 9.67 Å². The molecule has 18 heavy (non-hydrogen) atoms. The number of nitrogens with zero attached hydrogens (tertiary/aromatic N) is 2. The lowest BCUT2D eigenvalue weighted by molar-refractivity contribution is -0.125. The molecule has 1 aromatic carbocycles. The molecule has 0 spiro atoms. The highest BCUT2D eigenvalue weighted by atomic mass is 16.3. The molecule has 96 valence electrons. The van der Waals surface area contributed by atoms with E-state index < -0.39 is 6.10 Å². The molecule has 0 radical (unpaired) electrons. The number of para-hydroxylation sites is 2. The number of aryl methyl sites for hydroxylation is 1. The third kappa shape index (κ3) is 2.43. The molecule has 0 fully saturated rings. The molecule has 2 rings (SSSR count). The van der Waals surface area contributed by atoms with Gasteiger partial charge in [0.2, 0.25) is 0 Å². The van der Waals surface area contributed by atoms with Crippen molar-refractivity contribution in [2.75, 3.05) is 0 Å². The number of aromatic nitrogens is 2. The molecular formula is C14H18N2O2. The van der Waals surface area contributed by atoms with Gasteiger partial charge in [-0.2, -0.15) is 0 Å². The average molecular weight is 246 g/mol. The predicted octanol–water partition coefficient (Wildman–Crippen LogP) is 1.94. The van der Waals surface area contributed by atoms with Crippen LogP contribution in [0.4, 0.5) is 0 Å². The Balaban J connectivity index is 2.42. The number of hydrogen-bond donors (Lipinski definition) is 1. The second-order valence-electron chi connectivity index (χ2n) is 4.49. The van der Waals surface area contributed by atoms with Crippen molar-refractivity contribution >= 4 is 16.8 Å². The first-order valence-corrected chi connectivity index (χ1v) is 6.28. The van der Waals surface area contributed by atoms with Crippen LogP contribution in [0, 0.1) is 0 Å². The molecular weight excluding hydrogens is 228 g/mol. The maximum absolute atomic E-state index is 11.6. The molecule has 1 aromatic heterocycles. The Labute approximate surface area is 106 Å². The highest BCUT2D eigenvalue weighted by Gasteiger charge is 2.16. The molecule has 1 atom stereocenters. The minimum absolute atomic E-state index is 0.187. The molecule has 0 amide bonds. The standard InChI is InChI=1S/C14H18N2O2/c1-3-8-16-12-7-5-4-6-11(12)15-14(16)9-13(18)10(2)17/h4-7,10,17H,3,8-9H2,1-2H3. The van der Waals surface area contributed by atoms with Gasteiger partial charge in [0.1, 0.15) is 11.9 Å². The van der Waals surface area contributed by atoms with E-state index in [1.54, 1.807) is 0 Å². The normalized spacial score (nSPS) is 12.8. The number of ketones is 1. The van der Waals surface area contributed by atoms with Gasteiger partial charge in [-0.15, -0.1) is 0 Å². The highest BCUT2D eigenvalue weighted by Crippen LogP contribution is 2.17. The van der Waals surface area contributed by atoms with Gasteiger partial charge in [0.15, 0.2) is 5.78 Å². The minimum atomic E-state index is -0.931. The smallest absolute Gasteiger partial charge is 0.168 e. The first kappa shape index (κ1) is 12.8. The molecule has 0 aliphatic rings. The van der Waals surface area contributed by atoms with Crippen LogP contribution in [0.3, 0.4) is 0 Å². The number of imidazole rings is 1. The number of carbonyl (C=O) groups is 1. The molecule has 0 aliphatic heterocycles. The lowest BCUT2D eigenvalue weighted by Crippen LogP contribution is -2.20. The van der Waals surface area contributed by atoms with E-state index in [9.17, 15) is 9.90 Å². The maximum Gasteiger partial charge on any atom is 0.168 e. The fourth-order valence-electron chi connectivity index (χ4n) is 2.04. The van der Waals surface area contributed by atoms with E-state index in [2.05, 4.69) is 16.5 Å². The van der Waals surface area contributed by atoms with Crippen LogP contribution in [0.15, 0.2) is 24.3 Å².